The number of hydrogen-bond acceptors (Lipinski definition) is 5. The smallest absolute Gasteiger partial charge is 0.245 e. The van der Waals surface area contributed by atoms with Gasteiger partial charge in [0.2, 0.25) is 10.0 Å². The molecular formula is C12H22N4O3S. The summed E-state index contributed by atoms with van der Waals surface area (Å²) in [6, 6.07) is 0. The summed E-state index contributed by atoms with van der Waals surface area (Å²) in [6.07, 6.45) is 4.78. The van der Waals surface area contributed by atoms with Gasteiger partial charge < -0.3 is 10.5 Å². The van der Waals surface area contributed by atoms with Crippen molar-refractivity contribution in [3.63, 3.8) is 0 Å². The number of nitrogens with zero attached hydrogens (tertiary/aromatic N) is 2. The maximum Gasteiger partial charge on any atom is 0.245 e. The number of nitrogens with one attached hydrogen (secondary N) is 1. The highest BCUT2D eigenvalue weighted by Crippen LogP contribution is 2.15. The number of aromatic nitrogens is 2. The zero-order valence-electron chi connectivity index (χ0n) is 11.7. The molecule has 0 bridgehead atoms. The number of nitrogen functional groups attached to an aromatic ring is 1. The zero-order valence-corrected chi connectivity index (χ0v) is 12.5. The first-order valence-corrected chi connectivity index (χ1v) is 8.00. The number of aryl methyl sites for hydroxylation is 1. The van der Waals surface area contributed by atoms with Crippen LogP contribution in [0.1, 0.15) is 19.8 Å². The standard InChI is InChI=1S/C12H22N4O3S/c1-3-5-8-19-9-6-14-20(17,18)11-10-16(7-4-2)15-12(11)13/h3,10,14H,1,4-9H2,2H3,(H2,13,15). The Kier molecular flexibility index (Phi) is 6.69. The molecule has 1 aromatic heterocycles. The average Bonchev–Trinajstić information content (AvgIpc) is 2.76. The fraction of sp³-hybridized carbons (Fsp3) is 0.583. The average molecular weight is 302 g/mol. The van der Waals surface area contributed by atoms with Gasteiger partial charge in [0.1, 0.15) is 4.90 Å². The molecule has 0 amide bonds. The Bertz CT molecular complexity index is 525. The van der Waals surface area contributed by atoms with Gasteiger partial charge in [-0.05, 0) is 12.8 Å². The van der Waals surface area contributed by atoms with Crippen LogP contribution in [0.25, 0.3) is 0 Å². The molecule has 114 valence electrons. The van der Waals surface area contributed by atoms with E-state index in [0.717, 1.165) is 12.8 Å². The van der Waals surface area contributed by atoms with Gasteiger partial charge in [0.15, 0.2) is 5.82 Å². The second-order valence-electron chi connectivity index (χ2n) is 4.23. The Morgan fingerprint density at radius 2 is 2.30 bits per heavy atom. The van der Waals surface area contributed by atoms with E-state index in [-0.39, 0.29) is 17.3 Å². The van der Waals surface area contributed by atoms with Gasteiger partial charge in [0.25, 0.3) is 0 Å². The third kappa shape index (κ3) is 4.95. The van der Waals surface area contributed by atoms with Gasteiger partial charge in [-0.3, -0.25) is 4.68 Å². The van der Waals surface area contributed by atoms with Crippen LogP contribution in [0.3, 0.4) is 0 Å². The monoisotopic (exact) mass is 302 g/mol. The zero-order chi connectivity index (χ0) is 15.0. The summed E-state index contributed by atoms with van der Waals surface area (Å²) < 4.78 is 33.3. The Morgan fingerprint density at radius 3 is 2.95 bits per heavy atom. The predicted molar refractivity (Wildman–Crippen MR) is 77.8 cm³/mol. The Labute approximate surface area is 119 Å². The second kappa shape index (κ2) is 8.03. The molecule has 8 heteroatoms. The maximum absolute atomic E-state index is 12.0. The number of ether oxygens (including phenoxy) is 1. The molecule has 3 N–H and O–H groups in total. The maximum atomic E-state index is 12.0. The molecule has 0 saturated carbocycles. The van der Waals surface area contributed by atoms with Crippen molar-refractivity contribution in [1.29, 1.82) is 0 Å². The van der Waals surface area contributed by atoms with Gasteiger partial charge in [0, 0.05) is 19.3 Å². The molecule has 0 spiro atoms. The highest BCUT2D eigenvalue weighted by Gasteiger charge is 2.20. The number of sulfonamides is 1. The molecule has 1 aromatic rings. The summed E-state index contributed by atoms with van der Waals surface area (Å²) in [5.41, 5.74) is 5.63. The Morgan fingerprint density at radius 1 is 1.55 bits per heavy atom. The van der Waals surface area contributed by atoms with Crippen LogP contribution in [0.2, 0.25) is 0 Å². The van der Waals surface area contributed by atoms with E-state index in [1.807, 2.05) is 6.92 Å². The van der Waals surface area contributed by atoms with Crippen LogP contribution in [0.4, 0.5) is 5.82 Å². The van der Waals surface area contributed by atoms with Crippen LogP contribution in [0.5, 0.6) is 0 Å². The molecule has 1 heterocycles. The fourth-order valence-electron chi connectivity index (χ4n) is 1.56. The molecule has 7 nitrogen and oxygen atoms in total. The molecule has 0 saturated heterocycles. The first kappa shape index (κ1) is 16.7. The minimum absolute atomic E-state index is 0.0111. The van der Waals surface area contributed by atoms with E-state index >= 15 is 0 Å². The van der Waals surface area contributed by atoms with E-state index in [1.54, 1.807) is 6.08 Å². The van der Waals surface area contributed by atoms with Crippen LogP contribution >= 0.6 is 0 Å². The molecule has 0 aliphatic carbocycles. The number of hydrogen-bond donors (Lipinski definition) is 2. The first-order valence-electron chi connectivity index (χ1n) is 6.52. The van der Waals surface area contributed by atoms with E-state index in [2.05, 4.69) is 16.4 Å². The largest absolute Gasteiger partial charge is 0.381 e. The SMILES string of the molecule is C=CCCOCCNS(=O)(=O)c1cn(CCC)nc1N. The molecule has 0 aromatic carbocycles. The normalized spacial score (nSPS) is 11.7. The number of rotatable bonds is 10. The van der Waals surface area contributed by atoms with Gasteiger partial charge in [-0.2, -0.15) is 5.10 Å². The molecule has 20 heavy (non-hydrogen) atoms. The van der Waals surface area contributed by atoms with E-state index in [0.29, 0.717) is 19.8 Å². The third-order valence-corrected chi connectivity index (χ3v) is 3.98. The van der Waals surface area contributed by atoms with Crippen molar-refractivity contribution < 1.29 is 13.2 Å². The van der Waals surface area contributed by atoms with E-state index < -0.39 is 10.0 Å². The van der Waals surface area contributed by atoms with Gasteiger partial charge in [-0.25, -0.2) is 13.1 Å². The Balaban J connectivity index is 2.53. The van der Waals surface area contributed by atoms with Crippen LogP contribution in [0, 0.1) is 0 Å². The lowest BCUT2D eigenvalue weighted by molar-refractivity contribution is 0.144. The number of nitrogens with two attached hydrogens (primary N) is 1. The van der Waals surface area contributed by atoms with Gasteiger partial charge >= 0.3 is 0 Å². The van der Waals surface area contributed by atoms with Crippen molar-refractivity contribution in [1.82, 2.24) is 14.5 Å². The molecule has 0 fully saturated rings. The topological polar surface area (TPSA) is 99.2 Å². The molecular weight excluding hydrogens is 280 g/mol. The molecule has 0 radical (unpaired) electrons. The molecule has 0 aliphatic heterocycles. The van der Waals surface area contributed by atoms with Crippen LogP contribution < -0.4 is 10.5 Å². The van der Waals surface area contributed by atoms with Gasteiger partial charge in [0.05, 0.1) is 13.2 Å². The molecule has 1 rings (SSSR count). The summed E-state index contributed by atoms with van der Waals surface area (Å²) in [5, 5.41) is 3.97. The first-order chi connectivity index (χ1) is 9.51. The van der Waals surface area contributed by atoms with E-state index in [4.69, 9.17) is 10.5 Å². The quantitative estimate of drug-likeness (QED) is 0.491. The summed E-state index contributed by atoms with van der Waals surface area (Å²) >= 11 is 0. The third-order valence-electron chi connectivity index (χ3n) is 2.50. The minimum atomic E-state index is -3.64. The van der Waals surface area contributed by atoms with Crippen LogP contribution in [0.15, 0.2) is 23.7 Å². The van der Waals surface area contributed by atoms with Crippen LogP contribution in [-0.2, 0) is 21.3 Å². The van der Waals surface area contributed by atoms with Crippen molar-refractivity contribution in [2.45, 2.75) is 31.2 Å². The van der Waals surface area contributed by atoms with Crippen molar-refractivity contribution in [2.24, 2.45) is 0 Å². The number of anilines is 1. The van der Waals surface area contributed by atoms with Crippen LogP contribution in [-0.4, -0.2) is 38.0 Å². The van der Waals surface area contributed by atoms with Crippen molar-refractivity contribution in [2.75, 3.05) is 25.5 Å². The second-order valence-corrected chi connectivity index (χ2v) is 5.96. The van der Waals surface area contributed by atoms with Gasteiger partial charge in [-0.15, -0.1) is 6.58 Å². The van der Waals surface area contributed by atoms with Crippen molar-refractivity contribution in [3.05, 3.63) is 18.9 Å². The lowest BCUT2D eigenvalue weighted by Gasteiger charge is -2.05. The molecule has 0 unspecified atom stereocenters. The summed E-state index contributed by atoms with van der Waals surface area (Å²) in [5.74, 6) is 0.0125. The summed E-state index contributed by atoms with van der Waals surface area (Å²) in [4.78, 5) is 0.0111. The Hall–Kier alpha value is -1.38. The van der Waals surface area contributed by atoms with Gasteiger partial charge in [-0.1, -0.05) is 13.0 Å². The van der Waals surface area contributed by atoms with E-state index in [1.165, 1.54) is 10.9 Å². The molecule has 0 aliphatic rings. The highest BCUT2D eigenvalue weighted by molar-refractivity contribution is 7.89. The lowest BCUT2D eigenvalue weighted by Crippen LogP contribution is -2.27. The highest BCUT2D eigenvalue weighted by atomic mass is 32.2. The van der Waals surface area contributed by atoms with Crippen molar-refractivity contribution in [3.8, 4) is 0 Å². The summed E-state index contributed by atoms with van der Waals surface area (Å²) in [7, 11) is -3.64. The minimum Gasteiger partial charge on any atom is -0.381 e. The lowest BCUT2D eigenvalue weighted by atomic mass is 10.5. The molecule has 0 atom stereocenters. The fourth-order valence-corrected chi connectivity index (χ4v) is 2.65. The summed E-state index contributed by atoms with van der Waals surface area (Å²) in [6.45, 7) is 7.20. The van der Waals surface area contributed by atoms with Crippen molar-refractivity contribution >= 4 is 15.8 Å². The van der Waals surface area contributed by atoms with E-state index in [9.17, 15) is 8.42 Å². The predicted octanol–water partition coefficient (Wildman–Crippen LogP) is 0.746.